The molecule has 1 amide bonds. The Hall–Kier alpha value is -3.20. The number of fused-ring (bicyclic) bond motifs is 1. The van der Waals surface area contributed by atoms with Gasteiger partial charge in [-0.15, -0.1) is 6.58 Å². The fourth-order valence-corrected chi connectivity index (χ4v) is 3.93. The number of anilines is 1. The standard InChI is InChI=1S/C20H19NO7S/c1-3-8-21-15-9-13(4-6-16(15)27-10-18(21)22)19(23)12(2)29(26)11-14-5-7-17(28-14)20(24)25/h3-7,9,12H,1,8,10-11H2,2H3,(H,24,25). The van der Waals surface area contributed by atoms with E-state index in [-0.39, 0.29) is 42.1 Å². The van der Waals surface area contributed by atoms with E-state index in [0.717, 1.165) is 0 Å². The van der Waals surface area contributed by atoms with Crippen LogP contribution >= 0.6 is 0 Å². The van der Waals surface area contributed by atoms with Crippen LogP contribution in [0.2, 0.25) is 0 Å². The molecule has 1 aliphatic rings. The van der Waals surface area contributed by atoms with E-state index in [0.29, 0.717) is 17.0 Å². The number of nitrogens with zero attached hydrogens (tertiary/aromatic N) is 1. The minimum absolute atomic E-state index is 0.0873. The van der Waals surface area contributed by atoms with Crippen LogP contribution in [0.4, 0.5) is 5.69 Å². The summed E-state index contributed by atoms with van der Waals surface area (Å²) < 4.78 is 23.1. The zero-order valence-corrected chi connectivity index (χ0v) is 16.4. The summed E-state index contributed by atoms with van der Waals surface area (Å²) in [6.45, 7) is 5.36. The largest absolute Gasteiger partial charge is 0.482 e. The second-order valence-electron chi connectivity index (χ2n) is 6.37. The van der Waals surface area contributed by atoms with Gasteiger partial charge >= 0.3 is 5.97 Å². The van der Waals surface area contributed by atoms with Gasteiger partial charge in [0.05, 0.1) is 16.7 Å². The molecule has 0 spiro atoms. The fraction of sp³-hybridized carbons (Fsp3) is 0.250. The Morgan fingerprint density at radius 2 is 2.10 bits per heavy atom. The molecule has 1 aromatic heterocycles. The van der Waals surface area contributed by atoms with Crippen LogP contribution in [-0.4, -0.2) is 45.4 Å². The number of aromatic carboxylic acids is 1. The van der Waals surface area contributed by atoms with Crippen LogP contribution in [0.5, 0.6) is 5.75 Å². The van der Waals surface area contributed by atoms with Crippen LogP contribution in [0.1, 0.15) is 33.6 Å². The van der Waals surface area contributed by atoms with Gasteiger partial charge in [0.25, 0.3) is 5.91 Å². The van der Waals surface area contributed by atoms with Crippen molar-refractivity contribution in [1.29, 1.82) is 0 Å². The summed E-state index contributed by atoms with van der Waals surface area (Å²) in [5.74, 6) is -1.47. The average molecular weight is 417 g/mol. The minimum Gasteiger partial charge on any atom is -0.482 e. The van der Waals surface area contributed by atoms with Gasteiger partial charge in [-0.3, -0.25) is 13.8 Å². The Morgan fingerprint density at radius 3 is 2.76 bits per heavy atom. The molecule has 2 aromatic rings. The van der Waals surface area contributed by atoms with Gasteiger partial charge in [-0.2, -0.15) is 0 Å². The molecule has 2 atom stereocenters. The molecular weight excluding hydrogens is 398 g/mol. The molecule has 0 saturated carbocycles. The van der Waals surface area contributed by atoms with E-state index in [1.54, 1.807) is 24.3 Å². The zero-order valence-electron chi connectivity index (χ0n) is 15.6. The van der Waals surface area contributed by atoms with Gasteiger partial charge in [0, 0.05) is 22.9 Å². The van der Waals surface area contributed by atoms with Gasteiger partial charge in [-0.25, -0.2) is 4.79 Å². The summed E-state index contributed by atoms with van der Waals surface area (Å²) in [6, 6.07) is 7.41. The second-order valence-corrected chi connectivity index (χ2v) is 8.12. The van der Waals surface area contributed by atoms with E-state index in [4.69, 9.17) is 14.3 Å². The van der Waals surface area contributed by atoms with E-state index in [1.807, 2.05) is 0 Å². The van der Waals surface area contributed by atoms with Crippen LogP contribution in [0, 0.1) is 0 Å². The number of carbonyl (C=O) groups excluding carboxylic acids is 2. The number of ketones is 1. The van der Waals surface area contributed by atoms with Gasteiger partial charge in [-0.05, 0) is 37.3 Å². The van der Waals surface area contributed by atoms with Crippen molar-refractivity contribution in [3.63, 3.8) is 0 Å². The van der Waals surface area contributed by atoms with Crippen molar-refractivity contribution in [2.45, 2.75) is 17.9 Å². The number of amides is 1. The van der Waals surface area contributed by atoms with E-state index < -0.39 is 22.0 Å². The van der Waals surface area contributed by atoms with Gasteiger partial charge in [0.2, 0.25) is 5.76 Å². The van der Waals surface area contributed by atoms with Crippen molar-refractivity contribution in [2.75, 3.05) is 18.1 Å². The number of hydrogen-bond acceptors (Lipinski definition) is 6. The third-order valence-corrected chi connectivity index (χ3v) is 5.99. The average Bonchev–Trinajstić information content (AvgIpc) is 3.17. The summed E-state index contributed by atoms with van der Waals surface area (Å²) in [5, 5.41) is 8.02. The summed E-state index contributed by atoms with van der Waals surface area (Å²) >= 11 is 0. The maximum atomic E-state index is 12.8. The summed E-state index contributed by atoms with van der Waals surface area (Å²) in [7, 11) is -1.63. The van der Waals surface area contributed by atoms with Gasteiger partial charge in [-0.1, -0.05) is 6.08 Å². The van der Waals surface area contributed by atoms with Crippen molar-refractivity contribution in [1.82, 2.24) is 0 Å². The summed E-state index contributed by atoms with van der Waals surface area (Å²) in [5.41, 5.74) is 0.754. The van der Waals surface area contributed by atoms with E-state index in [1.165, 1.54) is 24.0 Å². The van der Waals surface area contributed by atoms with Crippen molar-refractivity contribution in [3.05, 3.63) is 60.1 Å². The third-order valence-electron chi connectivity index (χ3n) is 4.42. The molecule has 29 heavy (non-hydrogen) atoms. The molecule has 1 aliphatic heterocycles. The van der Waals surface area contributed by atoms with Crippen LogP contribution < -0.4 is 9.64 Å². The molecule has 3 rings (SSSR count). The van der Waals surface area contributed by atoms with Crippen LogP contribution in [0.15, 0.2) is 47.4 Å². The lowest BCUT2D eigenvalue weighted by Crippen LogP contribution is -2.39. The number of Topliss-reactive ketones (excluding diaryl/α,β-unsaturated/α-hetero) is 1. The molecule has 1 aromatic carbocycles. The van der Waals surface area contributed by atoms with Crippen LogP contribution in [0.3, 0.4) is 0 Å². The molecule has 0 bridgehead atoms. The highest BCUT2D eigenvalue weighted by Gasteiger charge is 2.28. The number of benzene rings is 1. The highest BCUT2D eigenvalue weighted by atomic mass is 32.2. The van der Waals surface area contributed by atoms with Gasteiger partial charge < -0.3 is 19.2 Å². The van der Waals surface area contributed by atoms with Crippen LogP contribution in [-0.2, 0) is 21.3 Å². The molecule has 0 fully saturated rings. The van der Waals surface area contributed by atoms with Crippen molar-refractivity contribution < 1.29 is 32.9 Å². The Morgan fingerprint density at radius 1 is 1.34 bits per heavy atom. The maximum Gasteiger partial charge on any atom is 0.371 e. The highest BCUT2D eigenvalue weighted by Crippen LogP contribution is 2.33. The highest BCUT2D eigenvalue weighted by molar-refractivity contribution is 7.85. The first-order valence-corrected chi connectivity index (χ1v) is 10.1. The number of carbonyl (C=O) groups is 3. The summed E-state index contributed by atoms with van der Waals surface area (Å²) in [6.07, 6.45) is 1.58. The molecule has 8 nitrogen and oxygen atoms in total. The van der Waals surface area contributed by atoms with Crippen molar-refractivity contribution in [2.24, 2.45) is 0 Å². The second kappa shape index (κ2) is 8.44. The molecule has 0 saturated heterocycles. The lowest BCUT2D eigenvalue weighted by atomic mass is 10.1. The fourth-order valence-electron chi connectivity index (χ4n) is 2.87. The normalized spacial score (nSPS) is 15.2. The Bertz CT molecular complexity index is 1010. The molecule has 152 valence electrons. The lowest BCUT2D eigenvalue weighted by Gasteiger charge is -2.29. The molecule has 0 radical (unpaired) electrons. The Kier molecular flexibility index (Phi) is 5.97. The smallest absolute Gasteiger partial charge is 0.371 e. The Balaban J connectivity index is 1.78. The van der Waals surface area contributed by atoms with Gasteiger partial charge in [0.15, 0.2) is 12.4 Å². The first-order valence-electron chi connectivity index (χ1n) is 8.73. The number of furan rings is 1. The lowest BCUT2D eigenvalue weighted by molar-refractivity contribution is -0.121. The molecule has 2 unspecified atom stereocenters. The first-order chi connectivity index (χ1) is 13.8. The number of carboxylic acid groups (broad SMARTS) is 1. The monoisotopic (exact) mass is 417 g/mol. The van der Waals surface area contributed by atoms with E-state index in [9.17, 15) is 18.6 Å². The number of hydrogen-bond donors (Lipinski definition) is 1. The van der Waals surface area contributed by atoms with E-state index >= 15 is 0 Å². The molecule has 0 aliphatic carbocycles. The first kappa shape index (κ1) is 20.5. The molecule has 9 heteroatoms. The SMILES string of the molecule is C=CCN1C(=O)COc2ccc(C(=O)C(C)S(=O)Cc3ccc(C(=O)O)o3)cc21. The van der Waals surface area contributed by atoms with E-state index in [2.05, 4.69) is 6.58 Å². The molecule has 1 N–H and O–H groups in total. The number of ether oxygens (including phenoxy) is 1. The third kappa shape index (κ3) is 4.29. The quantitative estimate of drug-likeness (QED) is 0.518. The molecule has 2 heterocycles. The van der Waals surface area contributed by atoms with Crippen molar-refractivity contribution in [3.8, 4) is 5.75 Å². The topological polar surface area (TPSA) is 114 Å². The molecular formula is C20H19NO7S. The predicted molar refractivity (Wildman–Crippen MR) is 106 cm³/mol. The summed E-state index contributed by atoms with van der Waals surface area (Å²) in [4.78, 5) is 37.3. The van der Waals surface area contributed by atoms with Gasteiger partial charge in [0.1, 0.15) is 11.5 Å². The Labute approximate surface area is 169 Å². The number of rotatable bonds is 8. The number of carboxylic acids is 1. The minimum atomic E-state index is -1.63. The zero-order chi connectivity index (χ0) is 21.1. The maximum absolute atomic E-state index is 12.8. The van der Waals surface area contributed by atoms with Crippen LogP contribution in [0.25, 0.3) is 0 Å². The van der Waals surface area contributed by atoms with Crippen molar-refractivity contribution >= 4 is 34.1 Å². The predicted octanol–water partition coefficient (Wildman–Crippen LogP) is 2.41.